The molecule has 1 fully saturated rings. The molecule has 1 aliphatic heterocycles. The predicted octanol–water partition coefficient (Wildman–Crippen LogP) is 3.10. The summed E-state index contributed by atoms with van der Waals surface area (Å²) in [6, 6.07) is 17.4. The van der Waals surface area contributed by atoms with E-state index in [2.05, 4.69) is 41.7 Å². The molecule has 2 aromatic carbocycles. The first-order valence-corrected chi connectivity index (χ1v) is 7.57. The van der Waals surface area contributed by atoms with Crippen molar-refractivity contribution in [1.29, 1.82) is 0 Å². The number of benzene rings is 2. The standard InChI is InChI=1S/C18H19NO2/c1-2-5-13(6-3-1)15-11-16(15)19-12-14-7-4-8-17-18(14)21-10-9-20-17/h1-8,15-16,19H,9-12H2/t15-,16+/m0/s1. The van der Waals surface area contributed by atoms with Crippen LogP contribution in [0.5, 0.6) is 11.5 Å². The Morgan fingerprint density at radius 3 is 2.71 bits per heavy atom. The zero-order chi connectivity index (χ0) is 14.1. The Labute approximate surface area is 124 Å². The van der Waals surface area contributed by atoms with Crippen molar-refractivity contribution in [2.75, 3.05) is 13.2 Å². The summed E-state index contributed by atoms with van der Waals surface area (Å²) >= 11 is 0. The van der Waals surface area contributed by atoms with Crippen LogP contribution in [0.25, 0.3) is 0 Å². The molecule has 0 unspecified atom stereocenters. The van der Waals surface area contributed by atoms with Gasteiger partial charge in [-0.25, -0.2) is 0 Å². The largest absolute Gasteiger partial charge is 0.486 e. The lowest BCUT2D eigenvalue weighted by Gasteiger charge is -2.21. The van der Waals surface area contributed by atoms with Crippen LogP contribution in [0.1, 0.15) is 23.5 Å². The quantitative estimate of drug-likeness (QED) is 0.934. The average molecular weight is 281 g/mol. The van der Waals surface area contributed by atoms with Crippen LogP contribution in [0.3, 0.4) is 0 Å². The van der Waals surface area contributed by atoms with E-state index in [1.165, 1.54) is 17.5 Å². The maximum atomic E-state index is 5.75. The number of hydrogen-bond donors (Lipinski definition) is 1. The molecule has 0 amide bonds. The topological polar surface area (TPSA) is 30.5 Å². The Bertz CT molecular complexity index is 626. The van der Waals surface area contributed by atoms with Crippen LogP contribution in [0.2, 0.25) is 0 Å². The van der Waals surface area contributed by atoms with Crippen LogP contribution >= 0.6 is 0 Å². The number of rotatable bonds is 4. The fourth-order valence-corrected chi connectivity index (χ4v) is 3.00. The monoisotopic (exact) mass is 281 g/mol. The third-order valence-corrected chi connectivity index (χ3v) is 4.22. The van der Waals surface area contributed by atoms with Gasteiger partial charge in [0.2, 0.25) is 0 Å². The van der Waals surface area contributed by atoms with E-state index in [0.29, 0.717) is 25.2 Å². The Hall–Kier alpha value is -2.00. The van der Waals surface area contributed by atoms with E-state index in [4.69, 9.17) is 9.47 Å². The molecule has 1 heterocycles. The van der Waals surface area contributed by atoms with Gasteiger partial charge in [0.25, 0.3) is 0 Å². The van der Waals surface area contributed by atoms with Gasteiger partial charge in [0.05, 0.1) is 0 Å². The summed E-state index contributed by atoms with van der Waals surface area (Å²) in [6.07, 6.45) is 1.22. The molecule has 2 aromatic rings. The SMILES string of the molecule is c1ccc([C@@H]2C[C@H]2NCc2cccc3c2OCCO3)cc1. The lowest BCUT2D eigenvalue weighted by Crippen LogP contribution is -2.21. The van der Waals surface area contributed by atoms with Gasteiger partial charge >= 0.3 is 0 Å². The number of nitrogens with one attached hydrogen (secondary N) is 1. The molecule has 0 spiro atoms. The van der Waals surface area contributed by atoms with E-state index in [1.54, 1.807) is 0 Å². The maximum absolute atomic E-state index is 5.75. The lowest BCUT2D eigenvalue weighted by atomic mass is 10.1. The second kappa shape index (κ2) is 5.41. The highest BCUT2D eigenvalue weighted by Gasteiger charge is 2.37. The van der Waals surface area contributed by atoms with Crippen LogP contribution in [0.15, 0.2) is 48.5 Å². The zero-order valence-electron chi connectivity index (χ0n) is 11.9. The van der Waals surface area contributed by atoms with Crippen molar-refractivity contribution in [3.05, 3.63) is 59.7 Å². The highest BCUT2D eigenvalue weighted by molar-refractivity contribution is 5.47. The van der Waals surface area contributed by atoms with Crippen molar-refractivity contribution in [2.24, 2.45) is 0 Å². The summed E-state index contributed by atoms with van der Waals surface area (Å²) < 4.78 is 11.4. The lowest BCUT2D eigenvalue weighted by molar-refractivity contribution is 0.169. The number of para-hydroxylation sites is 1. The minimum atomic E-state index is 0.577. The number of ether oxygens (including phenoxy) is 2. The summed E-state index contributed by atoms with van der Waals surface area (Å²) in [5, 5.41) is 3.64. The Balaban J connectivity index is 1.40. The van der Waals surface area contributed by atoms with Gasteiger partial charge in [0, 0.05) is 24.1 Å². The molecule has 3 nitrogen and oxygen atoms in total. The van der Waals surface area contributed by atoms with Gasteiger partial charge in [0.1, 0.15) is 13.2 Å². The van der Waals surface area contributed by atoms with Crippen LogP contribution in [0, 0.1) is 0 Å². The van der Waals surface area contributed by atoms with Crippen LogP contribution < -0.4 is 14.8 Å². The minimum absolute atomic E-state index is 0.577. The molecular formula is C18H19NO2. The minimum Gasteiger partial charge on any atom is -0.486 e. The normalized spacial score (nSPS) is 22.9. The van der Waals surface area contributed by atoms with Gasteiger partial charge in [0.15, 0.2) is 11.5 Å². The molecule has 4 rings (SSSR count). The molecule has 1 saturated carbocycles. The highest BCUT2D eigenvalue weighted by Crippen LogP contribution is 2.41. The zero-order valence-corrected chi connectivity index (χ0v) is 11.9. The van der Waals surface area contributed by atoms with Crippen molar-refractivity contribution < 1.29 is 9.47 Å². The molecule has 0 radical (unpaired) electrons. The van der Waals surface area contributed by atoms with Crippen LogP contribution in [-0.4, -0.2) is 19.3 Å². The smallest absolute Gasteiger partial charge is 0.165 e. The Kier molecular flexibility index (Phi) is 3.28. The predicted molar refractivity (Wildman–Crippen MR) is 81.9 cm³/mol. The van der Waals surface area contributed by atoms with Gasteiger partial charge in [-0.2, -0.15) is 0 Å². The number of hydrogen-bond acceptors (Lipinski definition) is 3. The first kappa shape index (κ1) is 12.7. The molecule has 0 saturated heterocycles. The molecule has 108 valence electrons. The molecule has 0 bridgehead atoms. The van der Waals surface area contributed by atoms with Crippen molar-refractivity contribution >= 4 is 0 Å². The molecule has 1 aliphatic carbocycles. The Morgan fingerprint density at radius 2 is 1.81 bits per heavy atom. The fourth-order valence-electron chi connectivity index (χ4n) is 3.00. The van der Waals surface area contributed by atoms with E-state index in [-0.39, 0.29) is 0 Å². The summed E-state index contributed by atoms with van der Waals surface area (Å²) in [7, 11) is 0. The van der Waals surface area contributed by atoms with E-state index in [1.807, 2.05) is 12.1 Å². The van der Waals surface area contributed by atoms with Crippen molar-refractivity contribution in [3.63, 3.8) is 0 Å². The van der Waals surface area contributed by atoms with E-state index < -0.39 is 0 Å². The van der Waals surface area contributed by atoms with Crippen molar-refractivity contribution in [2.45, 2.75) is 24.9 Å². The first-order valence-electron chi connectivity index (χ1n) is 7.57. The summed E-state index contributed by atoms with van der Waals surface area (Å²) in [5.41, 5.74) is 2.62. The fraction of sp³-hybridized carbons (Fsp3) is 0.333. The third-order valence-electron chi connectivity index (χ3n) is 4.22. The summed E-state index contributed by atoms with van der Waals surface area (Å²) in [6.45, 7) is 2.11. The highest BCUT2D eigenvalue weighted by atomic mass is 16.6. The average Bonchev–Trinajstić information content (AvgIpc) is 3.33. The molecule has 2 aliphatic rings. The van der Waals surface area contributed by atoms with E-state index in [0.717, 1.165) is 18.0 Å². The Morgan fingerprint density at radius 1 is 0.952 bits per heavy atom. The second-order valence-electron chi connectivity index (χ2n) is 5.68. The molecule has 2 atom stereocenters. The first-order chi connectivity index (χ1) is 10.4. The molecule has 3 heteroatoms. The third kappa shape index (κ3) is 2.61. The van der Waals surface area contributed by atoms with Crippen LogP contribution in [-0.2, 0) is 6.54 Å². The van der Waals surface area contributed by atoms with Gasteiger partial charge < -0.3 is 14.8 Å². The van der Waals surface area contributed by atoms with Gasteiger partial charge in [-0.3, -0.25) is 0 Å². The summed E-state index contributed by atoms with van der Waals surface area (Å²) in [4.78, 5) is 0. The molecular weight excluding hydrogens is 262 g/mol. The molecule has 21 heavy (non-hydrogen) atoms. The molecule has 0 aromatic heterocycles. The van der Waals surface area contributed by atoms with Gasteiger partial charge in [-0.1, -0.05) is 42.5 Å². The van der Waals surface area contributed by atoms with Crippen LogP contribution in [0.4, 0.5) is 0 Å². The van der Waals surface area contributed by atoms with E-state index in [9.17, 15) is 0 Å². The maximum Gasteiger partial charge on any atom is 0.165 e. The van der Waals surface area contributed by atoms with E-state index >= 15 is 0 Å². The van der Waals surface area contributed by atoms with Crippen molar-refractivity contribution in [3.8, 4) is 11.5 Å². The number of fused-ring (bicyclic) bond motifs is 1. The second-order valence-corrected chi connectivity index (χ2v) is 5.68. The van der Waals surface area contributed by atoms with Gasteiger partial charge in [-0.15, -0.1) is 0 Å². The summed E-state index contributed by atoms with van der Waals surface area (Å²) in [5.74, 6) is 2.44. The molecule has 1 N–H and O–H groups in total. The van der Waals surface area contributed by atoms with Gasteiger partial charge in [-0.05, 0) is 18.1 Å². The van der Waals surface area contributed by atoms with Crippen molar-refractivity contribution in [1.82, 2.24) is 5.32 Å².